The van der Waals surface area contributed by atoms with Crippen LogP contribution in [0.15, 0.2) is 35.8 Å². The second-order valence-corrected chi connectivity index (χ2v) is 4.08. The minimum absolute atomic E-state index is 0.197. The van der Waals surface area contributed by atoms with Crippen molar-refractivity contribution >= 4 is 17.6 Å². The minimum atomic E-state index is 0.197. The maximum absolute atomic E-state index is 10.6. The predicted molar refractivity (Wildman–Crippen MR) is 57.6 cm³/mol. The summed E-state index contributed by atoms with van der Waals surface area (Å²) in [5.74, 6) is 0.197. The van der Waals surface area contributed by atoms with Gasteiger partial charge in [0, 0.05) is 29.1 Å². The molecule has 0 fully saturated rings. The van der Waals surface area contributed by atoms with Crippen LogP contribution < -0.4 is 0 Å². The molecule has 2 rings (SSSR count). The third-order valence-corrected chi connectivity index (χ3v) is 3.20. The lowest BCUT2D eigenvalue weighted by Gasteiger charge is -2.09. The van der Waals surface area contributed by atoms with E-state index < -0.39 is 0 Å². The second-order valence-electron chi connectivity index (χ2n) is 3.10. The lowest BCUT2D eigenvalue weighted by molar-refractivity contribution is -0.108. The van der Waals surface area contributed by atoms with Gasteiger partial charge in [0.1, 0.15) is 6.29 Å². The van der Waals surface area contributed by atoms with Crippen LogP contribution in [-0.2, 0) is 4.79 Å². The first-order valence-corrected chi connectivity index (χ1v) is 5.40. The summed E-state index contributed by atoms with van der Waals surface area (Å²) in [7, 11) is 0. The van der Waals surface area contributed by atoms with Crippen molar-refractivity contribution in [3.05, 3.63) is 46.4 Å². The Hall–Kier alpha value is -1.35. The van der Waals surface area contributed by atoms with Gasteiger partial charge in [-0.15, -0.1) is 11.3 Å². The molecule has 0 spiro atoms. The van der Waals surface area contributed by atoms with Gasteiger partial charge < -0.3 is 9.78 Å². The number of hydrogen-bond acceptors (Lipinski definition) is 2. The standard InChI is InChI=1S/C11H11NOS/c13-7-5-9(10-3-1-6-12-10)11-4-2-8-14-11/h1-4,6-9,12H,5H2. The van der Waals surface area contributed by atoms with Crippen LogP contribution >= 0.6 is 11.3 Å². The molecular formula is C11H11NOS. The van der Waals surface area contributed by atoms with Gasteiger partial charge in [-0.3, -0.25) is 0 Å². The molecule has 0 aromatic carbocycles. The van der Waals surface area contributed by atoms with E-state index >= 15 is 0 Å². The van der Waals surface area contributed by atoms with Gasteiger partial charge in [0.05, 0.1) is 0 Å². The number of aromatic amines is 1. The number of aldehydes is 1. The molecule has 2 aromatic rings. The number of H-pyrrole nitrogens is 1. The van der Waals surface area contributed by atoms with E-state index in [-0.39, 0.29) is 5.92 Å². The van der Waals surface area contributed by atoms with E-state index in [4.69, 9.17) is 0 Å². The maximum atomic E-state index is 10.6. The van der Waals surface area contributed by atoms with Crippen LogP contribution in [0.4, 0.5) is 0 Å². The fourth-order valence-electron chi connectivity index (χ4n) is 1.54. The van der Waals surface area contributed by atoms with Crippen molar-refractivity contribution in [1.29, 1.82) is 0 Å². The fraction of sp³-hybridized carbons (Fsp3) is 0.182. The summed E-state index contributed by atoms with van der Waals surface area (Å²) >= 11 is 1.69. The first-order chi connectivity index (χ1) is 6.92. The van der Waals surface area contributed by atoms with Crippen LogP contribution in [0.5, 0.6) is 0 Å². The third-order valence-electron chi connectivity index (χ3n) is 2.22. The highest BCUT2D eigenvalue weighted by Crippen LogP contribution is 2.29. The molecule has 2 nitrogen and oxygen atoms in total. The van der Waals surface area contributed by atoms with Crippen molar-refractivity contribution in [2.45, 2.75) is 12.3 Å². The first-order valence-electron chi connectivity index (χ1n) is 4.52. The van der Waals surface area contributed by atoms with E-state index in [1.165, 1.54) is 4.88 Å². The molecule has 14 heavy (non-hydrogen) atoms. The molecule has 1 atom stereocenters. The molecular weight excluding hydrogens is 194 g/mol. The summed E-state index contributed by atoms with van der Waals surface area (Å²) in [6.07, 6.45) is 3.41. The Balaban J connectivity index is 2.29. The first kappa shape index (κ1) is 9.21. The summed E-state index contributed by atoms with van der Waals surface area (Å²) < 4.78 is 0. The number of rotatable bonds is 4. The van der Waals surface area contributed by atoms with Crippen molar-refractivity contribution in [2.75, 3.05) is 0 Å². The van der Waals surface area contributed by atoms with Crippen LogP contribution in [0, 0.1) is 0 Å². The molecule has 1 unspecified atom stereocenters. The van der Waals surface area contributed by atoms with Crippen LogP contribution in [0.1, 0.15) is 22.9 Å². The van der Waals surface area contributed by atoms with Crippen LogP contribution in [0.2, 0.25) is 0 Å². The monoisotopic (exact) mass is 205 g/mol. The Morgan fingerprint density at radius 2 is 2.36 bits per heavy atom. The minimum Gasteiger partial charge on any atom is -0.364 e. The molecule has 0 saturated heterocycles. The lowest BCUT2D eigenvalue weighted by Crippen LogP contribution is -1.99. The van der Waals surface area contributed by atoms with E-state index in [1.54, 1.807) is 11.3 Å². The molecule has 0 aliphatic heterocycles. The summed E-state index contributed by atoms with van der Waals surface area (Å²) in [5.41, 5.74) is 1.11. The molecule has 3 heteroatoms. The average Bonchev–Trinajstić information content (AvgIpc) is 2.87. The highest BCUT2D eigenvalue weighted by atomic mass is 32.1. The van der Waals surface area contributed by atoms with Crippen molar-refractivity contribution in [1.82, 2.24) is 4.98 Å². The maximum Gasteiger partial charge on any atom is 0.121 e. The molecule has 72 valence electrons. The Morgan fingerprint density at radius 1 is 1.43 bits per heavy atom. The number of aromatic nitrogens is 1. The summed E-state index contributed by atoms with van der Waals surface area (Å²) in [4.78, 5) is 15.0. The van der Waals surface area contributed by atoms with Crippen molar-refractivity contribution in [3.63, 3.8) is 0 Å². The summed E-state index contributed by atoms with van der Waals surface area (Å²) in [6, 6.07) is 8.06. The van der Waals surface area contributed by atoms with Gasteiger partial charge in [-0.05, 0) is 23.6 Å². The van der Waals surface area contributed by atoms with Gasteiger partial charge >= 0.3 is 0 Å². The Bertz CT molecular complexity index is 343. The molecule has 0 saturated carbocycles. The fourth-order valence-corrected chi connectivity index (χ4v) is 2.40. The summed E-state index contributed by atoms with van der Waals surface area (Å²) in [6.45, 7) is 0. The lowest BCUT2D eigenvalue weighted by atomic mass is 10.0. The number of nitrogens with one attached hydrogen (secondary N) is 1. The molecule has 0 radical (unpaired) electrons. The van der Waals surface area contributed by atoms with Crippen LogP contribution in [0.25, 0.3) is 0 Å². The van der Waals surface area contributed by atoms with Gasteiger partial charge in [0.25, 0.3) is 0 Å². The SMILES string of the molecule is O=CCC(c1ccc[nH]1)c1cccs1. The number of carbonyl (C=O) groups excluding carboxylic acids is 1. The number of thiophene rings is 1. The highest BCUT2D eigenvalue weighted by molar-refractivity contribution is 7.10. The second kappa shape index (κ2) is 4.24. The van der Waals surface area contributed by atoms with E-state index in [0.29, 0.717) is 6.42 Å². The molecule has 0 bridgehead atoms. The zero-order chi connectivity index (χ0) is 9.80. The molecule has 0 amide bonds. The van der Waals surface area contributed by atoms with Crippen molar-refractivity contribution in [2.24, 2.45) is 0 Å². The highest BCUT2D eigenvalue weighted by Gasteiger charge is 2.14. The van der Waals surface area contributed by atoms with Crippen molar-refractivity contribution < 1.29 is 4.79 Å². The molecule has 1 N–H and O–H groups in total. The molecule has 0 aliphatic carbocycles. The zero-order valence-corrected chi connectivity index (χ0v) is 8.46. The molecule has 0 aliphatic rings. The van der Waals surface area contributed by atoms with Crippen molar-refractivity contribution in [3.8, 4) is 0 Å². The Morgan fingerprint density at radius 3 is 2.93 bits per heavy atom. The zero-order valence-electron chi connectivity index (χ0n) is 7.64. The third kappa shape index (κ3) is 1.77. The van der Waals surface area contributed by atoms with E-state index in [9.17, 15) is 4.79 Å². The predicted octanol–water partition coefficient (Wildman–Crippen LogP) is 2.80. The van der Waals surface area contributed by atoms with Gasteiger partial charge in [-0.2, -0.15) is 0 Å². The van der Waals surface area contributed by atoms with Crippen LogP contribution in [-0.4, -0.2) is 11.3 Å². The van der Waals surface area contributed by atoms with E-state index in [2.05, 4.69) is 11.1 Å². The normalized spacial score (nSPS) is 12.6. The van der Waals surface area contributed by atoms with Gasteiger partial charge in [0.2, 0.25) is 0 Å². The van der Waals surface area contributed by atoms with Crippen LogP contribution in [0.3, 0.4) is 0 Å². The average molecular weight is 205 g/mol. The topological polar surface area (TPSA) is 32.9 Å². The van der Waals surface area contributed by atoms with Gasteiger partial charge in [-0.1, -0.05) is 6.07 Å². The largest absolute Gasteiger partial charge is 0.364 e. The number of carbonyl (C=O) groups is 1. The molecule has 2 aromatic heterocycles. The smallest absolute Gasteiger partial charge is 0.121 e. The summed E-state index contributed by atoms with van der Waals surface area (Å²) in [5, 5.41) is 2.04. The Labute approximate surface area is 86.6 Å². The van der Waals surface area contributed by atoms with Gasteiger partial charge in [0.15, 0.2) is 0 Å². The quantitative estimate of drug-likeness (QED) is 0.765. The van der Waals surface area contributed by atoms with E-state index in [0.717, 1.165) is 12.0 Å². The number of hydrogen-bond donors (Lipinski definition) is 1. The Kier molecular flexibility index (Phi) is 2.79. The molecule has 2 heterocycles. The van der Waals surface area contributed by atoms with Gasteiger partial charge in [-0.25, -0.2) is 0 Å². The van der Waals surface area contributed by atoms with E-state index in [1.807, 2.05) is 29.8 Å².